The molecule has 0 fully saturated rings. The lowest BCUT2D eigenvalue weighted by molar-refractivity contribution is 0.251. The minimum Gasteiger partial charge on any atom is -0.497 e. The molecule has 0 spiro atoms. The lowest BCUT2D eigenvalue weighted by Gasteiger charge is -2.05. The van der Waals surface area contributed by atoms with E-state index >= 15 is 0 Å². The van der Waals surface area contributed by atoms with E-state index in [0.29, 0.717) is 22.2 Å². The number of rotatable bonds is 6. The third-order valence-electron chi connectivity index (χ3n) is 3.33. The van der Waals surface area contributed by atoms with Crippen LogP contribution < -0.4 is 4.74 Å². The molecule has 0 atom stereocenters. The Kier molecular flexibility index (Phi) is 5.85. The monoisotopic (exact) mass is 394 g/mol. The van der Waals surface area contributed by atoms with Crippen LogP contribution in [-0.2, 0) is 0 Å². The molecule has 2 aromatic carbocycles. The summed E-state index contributed by atoms with van der Waals surface area (Å²) in [4.78, 5) is 0. The van der Waals surface area contributed by atoms with Crippen molar-refractivity contribution in [2.45, 2.75) is 10.9 Å². The highest BCUT2D eigenvalue weighted by molar-refractivity contribution is 7.99. The Morgan fingerprint density at radius 1 is 1.19 bits per heavy atom. The summed E-state index contributed by atoms with van der Waals surface area (Å²) in [5.74, 6) is -1.62. The van der Waals surface area contributed by atoms with Gasteiger partial charge in [0.2, 0.25) is 5.16 Å². The van der Waals surface area contributed by atoms with Crippen molar-refractivity contribution in [3.8, 4) is 17.1 Å². The molecule has 0 unspecified atom stereocenters. The van der Waals surface area contributed by atoms with Gasteiger partial charge in [0.15, 0.2) is 5.82 Å². The molecule has 0 aliphatic rings. The molecule has 3 aromatic rings. The number of nitrogens with zero attached hydrogens (tertiary/aromatic N) is 4. The maximum Gasteiger partial charge on any atom is 0.291 e. The van der Waals surface area contributed by atoms with Crippen molar-refractivity contribution in [1.82, 2.24) is 14.9 Å². The summed E-state index contributed by atoms with van der Waals surface area (Å²) in [6.07, 6.45) is 1.51. The van der Waals surface area contributed by atoms with E-state index in [0.717, 1.165) is 5.56 Å². The largest absolute Gasteiger partial charge is 0.497 e. The Labute approximate surface area is 157 Å². The van der Waals surface area contributed by atoms with Crippen LogP contribution in [0.5, 0.6) is 5.75 Å². The minimum absolute atomic E-state index is 0.0101. The Bertz CT molecular complexity index is 915. The van der Waals surface area contributed by atoms with Gasteiger partial charge in [-0.15, -0.1) is 10.2 Å². The molecular weight excluding hydrogens is 382 g/mol. The smallest absolute Gasteiger partial charge is 0.291 e. The van der Waals surface area contributed by atoms with Gasteiger partial charge >= 0.3 is 0 Å². The van der Waals surface area contributed by atoms with Crippen LogP contribution in [0.3, 0.4) is 0 Å². The van der Waals surface area contributed by atoms with Crippen LogP contribution in [0.15, 0.2) is 58.8 Å². The minimum atomic E-state index is -2.64. The zero-order valence-electron chi connectivity index (χ0n) is 13.5. The molecule has 0 saturated carbocycles. The second kappa shape index (κ2) is 8.29. The van der Waals surface area contributed by atoms with Crippen molar-refractivity contribution in [2.75, 3.05) is 7.11 Å². The summed E-state index contributed by atoms with van der Waals surface area (Å²) in [7, 11) is 1.56. The van der Waals surface area contributed by atoms with E-state index in [-0.39, 0.29) is 16.9 Å². The highest BCUT2D eigenvalue weighted by atomic mass is 35.5. The lowest BCUT2D eigenvalue weighted by Crippen LogP contribution is -1.98. The molecule has 26 heavy (non-hydrogen) atoms. The quantitative estimate of drug-likeness (QED) is 0.445. The third-order valence-corrected chi connectivity index (χ3v) is 4.20. The molecule has 0 N–H and O–H groups in total. The Balaban J connectivity index is 2.00. The number of methoxy groups -OCH3 is 1. The number of hydrogen-bond acceptors (Lipinski definition) is 5. The molecular formula is C17H13ClF2N4OS. The number of thioether (sulfide) groups is 1. The molecule has 0 radical (unpaired) electrons. The van der Waals surface area contributed by atoms with Gasteiger partial charge in [0.05, 0.1) is 13.3 Å². The third kappa shape index (κ3) is 4.39. The van der Waals surface area contributed by atoms with Crippen LogP contribution in [0.25, 0.3) is 11.4 Å². The highest BCUT2D eigenvalue weighted by Crippen LogP contribution is 2.28. The number of benzene rings is 2. The highest BCUT2D eigenvalue weighted by Gasteiger charge is 2.18. The second-order valence-electron chi connectivity index (χ2n) is 5.02. The van der Waals surface area contributed by atoms with Gasteiger partial charge in [0.25, 0.3) is 5.76 Å². The van der Waals surface area contributed by atoms with Crippen LogP contribution in [-0.4, -0.2) is 34.0 Å². The normalized spacial score (nSPS) is 11.4. The van der Waals surface area contributed by atoms with E-state index in [2.05, 4.69) is 15.3 Å². The number of ether oxygens (including phenoxy) is 1. The first-order chi connectivity index (χ1) is 12.6. The molecule has 1 heterocycles. The topological polar surface area (TPSA) is 52.3 Å². The summed E-state index contributed by atoms with van der Waals surface area (Å²) >= 11 is 6.23. The predicted octanol–water partition coefficient (Wildman–Crippen LogP) is 4.80. The maximum absolute atomic E-state index is 12.8. The van der Waals surface area contributed by atoms with E-state index in [4.69, 9.17) is 16.3 Å². The van der Waals surface area contributed by atoms with Gasteiger partial charge in [-0.2, -0.15) is 18.6 Å². The fraction of sp³-hybridized carbons (Fsp3) is 0.118. The van der Waals surface area contributed by atoms with E-state index in [1.54, 1.807) is 55.6 Å². The van der Waals surface area contributed by atoms with E-state index in [9.17, 15) is 8.78 Å². The molecule has 0 aliphatic heterocycles. The average molecular weight is 395 g/mol. The Morgan fingerprint density at radius 2 is 1.96 bits per heavy atom. The summed E-state index contributed by atoms with van der Waals surface area (Å²) < 4.78 is 32.0. The first-order valence-electron chi connectivity index (χ1n) is 7.41. The van der Waals surface area contributed by atoms with Crippen molar-refractivity contribution in [2.24, 2.45) is 5.10 Å². The van der Waals surface area contributed by atoms with Gasteiger partial charge in [0.1, 0.15) is 5.75 Å². The van der Waals surface area contributed by atoms with Crippen molar-refractivity contribution < 1.29 is 13.5 Å². The zero-order valence-corrected chi connectivity index (χ0v) is 15.1. The lowest BCUT2D eigenvalue weighted by atomic mass is 10.2. The second-order valence-corrected chi connectivity index (χ2v) is 6.42. The van der Waals surface area contributed by atoms with Gasteiger partial charge in [-0.1, -0.05) is 23.7 Å². The molecule has 134 valence electrons. The summed E-state index contributed by atoms with van der Waals surface area (Å²) in [5, 5.41) is 12.6. The van der Waals surface area contributed by atoms with E-state index in [1.807, 2.05) is 0 Å². The zero-order chi connectivity index (χ0) is 18.5. The van der Waals surface area contributed by atoms with Crippen molar-refractivity contribution >= 4 is 29.6 Å². The molecule has 3 rings (SSSR count). The van der Waals surface area contributed by atoms with E-state index in [1.165, 1.54) is 10.9 Å². The average Bonchev–Trinajstić information content (AvgIpc) is 3.02. The fourth-order valence-corrected chi connectivity index (χ4v) is 2.83. The number of aromatic nitrogens is 3. The number of hydrogen-bond donors (Lipinski definition) is 0. The number of halogens is 3. The van der Waals surface area contributed by atoms with Crippen LogP contribution in [0.1, 0.15) is 5.56 Å². The molecule has 0 bridgehead atoms. The summed E-state index contributed by atoms with van der Waals surface area (Å²) in [5.41, 5.74) is 1.39. The summed E-state index contributed by atoms with van der Waals surface area (Å²) in [6, 6.07) is 14.0. The fourth-order valence-electron chi connectivity index (χ4n) is 2.15. The Hall–Kier alpha value is -2.45. The summed E-state index contributed by atoms with van der Waals surface area (Å²) in [6.45, 7) is 0. The van der Waals surface area contributed by atoms with Crippen LogP contribution in [0, 0.1) is 0 Å². The van der Waals surface area contributed by atoms with Crippen LogP contribution >= 0.6 is 23.4 Å². The molecule has 5 nitrogen and oxygen atoms in total. The van der Waals surface area contributed by atoms with Gasteiger partial charge in [-0.05, 0) is 53.7 Å². The first-order valence-corrected chi connectivity index (χ1v) is 8.67. The number of alkyl halides is 2. The predicted molar refractivity (Wildman–Crippen MR) is 98.3 cm³/mol. The maximum atomic E-state index is 12.8. The van der Waals surface area contributed by atoms with E-state index < -0.39 is 5.76 Å². The van der Waals surface area contributed by atoms with Gasteiger partial charge < -0.3 is 4.74 Å². The molecule has 1 aromatic heterocycles. The molecule has 9 heteroatoms. The standard InChI is InChI=1S/C17H13ClF2N4OS/c1-25-14-7-5-12(6-8-14)15-22-23-17(26-16(19)20)24(15)21-10-11-3-2-4-13(18)9-11/h2-10,16H,1H3/b21-10-. The van der Waals surface area contributed by atoms with Crippen LogP contribution in [0.2, 0.25) is 5.02 Å². The molecule has 0 aliphatic carbocycles. The van der Waals surface area contributed by atoms with Crippen molar-refractivity contribution in [3.63, 3.8) is 0 Å². The van der Waals surface area contributed by atoms with Gasteiger partial charge in [-0.25, -0.2) is 0 Å². The first kappa shape index (κ1) is 18.3. The molecule has 0 amide bonds. The van der Waals surface area contributed by atoms with Crippen molar-refractivity contribution in [3.05, 3.63) is 59.1 Å². The SMILES string of the molecule is COc1ccc(-c2nnc(SC(F)F)n2/N=C\c2cccc(Cl)c2)cc1. The van der Waals surface area contributed by atoms with Gasteiger partial charge in [0, 0.05) is 10.6 Å². The Morgan fingerprint density at radius 3 is 2.62 bits per heavy atom. The molecule has 0 saturated heterocycles. The van der Waals surface area contributed by atoms with Crippen molar-refractivity contribution in [1.29, 1.82) is 0 Å². The van der Waals surface area contributed by atoms with Gasteiger partial charge in [-0.3, -0.25) is 0 Å². The van der Waals surface area contributed by atoms with Crippen LogP contribution in [0.4, 0.5) is 8.78 Å².